The number of amides is 2. The van der Waals surface area contributed by atoms with Crippen LogP contribution in [0.3, 0.4) is 0 Å². The van der Waals surface area contributed by atoms with E-state index in [1.54, 1.807) is 53.2 Å². The number of hydrogen-bond donors (Lipinski definition) is 2. The summed E-state index contributed by atoms with van der Waals surface area (Å²) in [5.41, 5.74) is 0.162. The van der Waals surface area contributed by atoms with Gasteiger partial charge < -0.3 is 15.5 Å². The lowest BCUT2D eigenvalue weighted by Crippen LogP contribution is -2.47. The van der Waals surface area contributed by atoms with Crippen LogP contribution in [0.2, 0.25) is 5.02 Å². The Morgan fingerprint density at radius 3 is 2.35 bits per heavy atom. The molecule has 0 aromatic heterocycles. The summed E-state index contributed by atoms with van der Waals surface area (Å²) in [5.74, 6) is -0.374. The predicted octanol–water partition coefficient (Wildman–Crippen LogP) is 1.98. The molecular weight excluding hydrogens is 278 g/mol. The van der Waals surface area contributed by atoms with Gasteiger partial charge in [0.15, 0.2) is 0 Å². The van der Waals surface area contributed by atoms with Crippen LogP contribution in [0.1, 0.15) is 24.2 Å². The van der Waals surface area contributed by atoms with Gasteiger partial charge in [-0.3, -0.25) is 9.59 Å². The fourth-order valence-electron chi connectivity index (χ4n) is 1.40. The van der Waals surface area contributed by atoms with E-state index in [4.69, 9.17) is 11.6 Å². The lowest BCUT2D eigenvalue weighted by molar-refractivity contribution is -0.121. The average Bonchev–Trinajstić information content (AvgIpc) is 2.40. The van der Waals surface area contributed by atoms with Crippen LogP contribution >= 0.6 is 11.6 Å². The highest BCUT2D eigenvalue weighted by atomic mass is 35.5. The summed E-state index contributed by atoms with van der Waals surface area (Å²) >= 11 is 6.06. The zero-order valence-electron chi connectivity index (χ0n) is 12.4. The maximum Gasteiger partial charge on any atom is 0.253 e. The minimum absolute atomic E-state index is 0.148. The summed E-state index contributed by atoms with van der Waals surface area (Å²) in [7, 11) is 5.03. The van der Waals surface area contributed by atoms with Gasteiger partial charge >= 0.3 is 0 Å². The van der Waals surface area contributed by atoms with Crippen molar-refractivity contribution in [1.82, 2.24) is 10.2 Å². The van der Waals surface area contributed by atoms with Gasteiger partial charge in [-0.05, 0) is 39.1 Å². The van der Waals surface area contributed by atoms with E-state index in [-0.39, 0.29) is 11.8 Å². The monoisotopic (exact) mass is 297 g/mol. The van der Waals surface area contributed by atoms with Crippen LogP contribution in [0.5, 0.6) is 0 Å². The number of benzene rings is 1. The van der Waals surface area contributed by atoms with Crippen LogP contribution in [0, 0.1) is 0 Å². The highest BCUT2D eigenvalue weighted by Crippen LogP contribution is 2.24. The Kier molecular flexibility index (Phi) is 5.14. The Hall–Kier alpha value is -1.59. The smallest absolute Gasteiger partial charge is 0.253 e. The Morgan fingerprint density at radius 2 is 1.85 bits per heavy atom. The van der Waals surface area contributed by atoms with Crippen molar-refractivity contribution in [3.8, 4) is 0 Å². The Balaban J connectivity index is 3.04. The first-order valence-corrected chi connectivity index (χ1v) is 6.58. The van der Waals surface area contributed by atoms with Crippen LogP contribution in [0.4, 0.5) is 5.69 Å². The van der Waals surface area contributed by atoms with Crippen LogP contribution in [0.15, 0.2) is 18.2 Å². The van der Waals surface area contributed by atoms with Gasteiger partial charge in [-0.25, -0.2) is 0 Å². The van der Waals surface area contributed by atoms with Crippen molar-refractivity contribution in [2.75, 3.05) is 26.5 Å². The predicted molar refractivity (Wildman–Crippen MR) is 81.2 cm³/mol. The van der Waals surface area contributed by atoms with E-state index < -0.39 is 5.54 Å². The molecule has 0 saturated heterocycles. The zero-order valence-corrected chi connectivity index (χ0v) is 13.1. The van der Waals surface area contributed by atoms with E-state index in [2.05, 4.69) is 10.6 Å². The fourth-order valence-corrected chi connectivity index (χ4v) is 1.57. The number of nitrogens with one attached hydrogen (secondary N) is 2. The van der Waals surface area contributed by atoms with Crippen LogP contribution in [0.25, 0.3) is 0 Å². The van der Waals surface area contributed by atoms with Gasteiger partial charge in [-0.15, -0.1) is 0 Å². The van der Waals surface area contributed by atoms with Crippen molar-refractivity contribution in [3.63, 3.8) is 0 Å². The zero-order chi connectivity index (χ0) is 15.5. The maximum atomic E-state index is 12.1. The molecule has 110 valence electrons. The summed E-state index contributed by atoms with van der Waals surface area (Å²) in [5, 5.41) is 6.03. The van der Waals surface area contributed by atoms with E-state index in [0.29, 0.717) is 16.3 Å². The molecule has 0 fully saturated rings. The second-order valence-corrected chi connectivity index (χ2v) is 5.63. The highest BCUT2D eigenvalue weighted by Gasteiger charge is 2.26. The molecule has 0 radical (unpaired) electrons. The topological polar surface area (TPSA) is 61.4 Å². The first-order chi connectivity index (χ1) is 9.19. The molecule has 0 aliphatic carbocycles. The first-order valence-electron chi connectivity index (χ1n) is 6.20. The molecule has 0 saturated carbocycles. The summed E-state index contributed by atoms with van der Waals surface area (Å²) in [4.78, 5) is 25.5. The van der Waals surface area contributed by atoms with Gasteiger partial charge in [0.25, 0.3) is 5.91 Å². The van der Waals surface area contributed by atoms with E-state index >= 15 is 0 Å². The van der Waals surface area contributed by atoms with Gasteiger partial charge in [0, 0.05) is 19.7 Å². The largest absolute Gasteiger partial charge is 0.345 e. The molecule has 0 bridgehead atoms. The van der Waals surface area contributed by atoms with E-state index in [1.165, 1.54) is 4.90 Å². The van der Waals surface area contributed by atoms with Gasteiger partial charge in [0.05, 0.1) is 16.2 Å². The molecule has 0 unspecified atom stereocenters. The second-order valence-electron chi connectivity index (χ2n) is 5.22. The number of nitrogens with zero attached hydrogens (tertiary/aromatic N) is 1. The molecule has 20 heavy (non-hydrogen) atoms. The van der Waals surface area contributed by atoms with Crippen LogP contribution in [-0.4, -0.2) is 43.4 Å². The molecule has 0 heterocycles. The third-order valence-electron chi connectivity index (χ3n) is 3.06. The van der Waals surface area contributed by atoms with Crippen molar-refractivity contribution in [1.29, 1.82) is 0 Å². The Morgan fingerprint density at radius 1 is 1.25 bits per heavy atom. The molecule has 0 aliphatic heterocycles. The lowest BCUT2D eigenvalue weighted by atomic mass is 10.0. The van der Waals surface area contributed by atoms with E-state index in [0.717, 1.165) is 0 Å². The third-order valence-corrected chi connectivity index (χ3v) is 3.39. The van der Waals surface area contributed by atoms with Gasteiger partial charge in [0.1, 0.15) is 0 Å². The van der Waals surface area contributed by atoms with Crippen molar-refractivity contribution in [2.45, 2.75) is 19.4 Å². The van der Waals surface area contributed by atoms with E-state index in [9.17, 15) is 9.59 Å². The molecule has 0 atom stereocenters. The molecule has 0 aliphatic rings. The third kappa shape index (κ3) is 3.71. The molecule has 1 aromatic carbocycles. The Bertz CT molecular complexity index is 527. The Labute approximate surface area is 124 Å². The summed E-state index contributed by atoms with van der Waals surface area (Å²) in [6.07, 6.45) is 0. The second kappa shape index (κ2) is 6.24. The molecule has 2 amide bonds. The van der Waals surface area contributed by atoms with Crippen molar-refractivity contribution < 1.29 is 9.59 Å². The first kappa shape index (κ1) is 16.5. The average molecular weight is 298 g/mol. The van der Waals surface area contributed by atoms with Crippen molar-refractivity contribution in [2.24, 2.45) is 0 Å². The summed E-state index contributed by atoms with van der Waals surface area (Å²) < 4.78 is 0. The number of likely N-dealkylation sites (N-methyl/N-ethyl adjacent to an activating group) is 1. The molecular formula is C14H20ClN3O2. The molecule has 2 N–H and O–H groups in total. The number of carbonyl (C=O) groups excluding carboxylic acids is 2. The minimum atomic E-state index is -0.731. The summed E-state index contributed by atoms with van der Waals surface area (Å²) in [6, 6.07) is 4.80. The van der Waals surface area contributed by atoms with E-state index in [1.807, 2.05) is 0 Å². The lowest BCUT2D eigenvalue weighted by Gasteiger charge is -2.23. The minimum Gasteiger partial charge on any atom is -0.345 e. The molecule has 0 spiro atoms. The van der Waals surface area contributed by atoms with Crippen molar-refractivity contribution >= 4 is 29.1 Å². The normalized spacial score (nSPS) is 11.1. The quantitative estimate of drug-likeness (QED) is 0.893. The maximum absolute atomic E-state index is 12.1. The highest BCUT2D eigenvalue weighted by molar-refractivity contribution is 6.34. The number of anilines is 1. The van der Waals surface area contributed by atoms with Crippen LogP contribution < -0.4 is 10.6 Å². The van der Waals surface area contributed by atoms with Gasteiger partial charge in [0.2, 0.25) is 5.91 Å². The fraction of sp³-hybridized carbons (Fsp3) is 0.429. The molecule has 6 heteroatoms. The molecule has 1 aromatic rings. The molecule has 1 rings (SSSR count). The summed E-state index contributed by atoms with van der Waals surface area (Å²) in [6.45, 7) is 3.51. The van der Waals surface area contributed by atoms with Gasteiger partial charge in [-0.1, -0.05) is 11.6 Å². The van der Waals surface area contributed by atoms with Crippen molar-refractivity contribution in [3.05, 3.63) is 28.8 Å². The number of carbonyl (C=O) groups is 2. The molecule has 5 nitrogen and oxygen atoms in total. The van der Waals surface area contributed by atoms with Gasteiger partial charge in [-0.2, -0.15) is 0 Å². The standard InChI is InChI=1S/C14H20ClN3O2/c1-14(2,16-3)13(20)17-11-8-9(6-7-10(11)15)12(19)18(4)5/h6-8,16H,1-5H3,(H,17,20). The number of hydrogen-bond acceptors (Lipinski definition) is 3. The van der Waals surface area contributed by atoms with Crippen LogP contribution in [-0.2, 0) is 4.79 Å². The number of rotatable bonds is 4. The number of halogens is 1. The SMILES string of the molecule is CNC(C)(C)C(=O)Nc1cc(C(=O)N(C)C)ccc1Cl.